The van der Waals surface area contributed by atoms with Crippen LogP contribution in [0.1, 0.15) is 27.2 Å². The molecule has 0 saturated carbocycles. The topological polar surface area (TPSA) is 47.4 Å². The summed E-state index contributed by atoms with van der Waals surface area (Å²) in [6.45, 7) is 4.46. The van der Waals surface area contributed by atoms with E-state index >= 15 is 0 Å². The van der Waals surface area contributed by atoms with Crippen molar-refractivity contribution in [2.45, 2.75) is 20.5 Å². The third-order valence-electron chi connectivity index (χ3n) is 5.04. The zero-order valence-corrected chi connectivity index (χ0v) is 15.4. The summed E-state index contributed by atoms with van der Waals surface area (Å²) in [4.78, 5) is 14.8. The van der Waals surface area contributed by atoms with Gasteiger partial charge in [0.05, 0.1) is 5.69 Å². The number of benzene rings is 2. The number of anilines is 1. The Hall–Kier alpha value is -3.08. The first-order chi connectivity index (χ1) is 12.5. The van der Waals surface area contributed by atoms with Gasteiger partial charge < -0.3 is 9.64 Å². The Balaban J connectivity index is 1.76. The van der Waals surface area contributed by atoms with Gasteiger partial charge in [0.1, 0.15) is 12.4 Å². The van der Waals surface area contributed by atoms with Crippen LogP contribution in [0.2, 0.25) is 0 Å². The number of para-hydroxylation sites is 1. The summed E-state index contributed by atoms with van der Waals surface area (Å²) in [5.74, 6) is 0.692. The number of aromatic nitrogens is 2. The fourth-order valence-electron chi connectivity index (χ4n) is 3.36. The van der Waals surface area contributed by atoms with Crippen LogP contribution in [-0.2, 0) is 13.7 Å². The average molecular weight is 347 g/mol. The van der Waals surface area contributed by atoms with E-state index in [1.165, 1.54) is 5.56 Å². The van der Waals surface area contributed by atoms with Crippen molar-refractivity contribution in [3.63, 3.8) is 0 Å². The van der Waals surface area contributed by atoms with Gasteiger partial charge in [-0.25, -0.2) is 0 Å². The normalized spacial score (nSPS) is 12.2. The smallest absolute Gasteiger partial charge is 0.278 e. The maximum Gasteiger partial charge on any atom is 0.278 e. The molecule has 2 heterocycles. The zero-order valence-electron chi connectivity index (χ0n) is 15.4. The molecule has 0 aliphatic carbocycles. The molecule has 132 valence electrons. The number of amides is 1. The molecule has 26 heavy (non-hydrogen) atoms. The van der Waals surface area contributed by atoms with Crippen LogP contribution in [0.3, 0.4) is 0 Å². The van der Waals surface area contributed by atoms with Crippen LogP contribution >= 0.6 is 0 Å². The van der Waals surface area contributed by atoms with E-state index in [0.717, 1.165) is 33.8 Å². The van der Waals surface area contributed by atoms with Crippen LogP contribution in [0.15, 0.2) is 42.5 Å². The van der Waals surface area contributed by atoms with Crippen molar-refractivity contribution in [1.29, 1.82) is 0 Å². The van der Waals surface area contributed by atoms with Gasteiger partial charge in [-0.05, 0) is 49.2 Å². The SMILES string of the molecule is Cc1ccc(N(C)C(=O)c2nn(C)c3c2COc2ccccc2-3)cc1C. The Labute approximate surface area is 152 Å². The summed E-state index contributed by atoms with van der Waals surface area (Å²) < 4.78 is 7.63. The first-order valence-corrected chi connectivity index (χ1v) is 8.60. The number of nitrogens with zero attached hydrogens (tertiary/aromatic N) is 3. The average Bonchev–Trinajstić information content (AvgIpc) is 3.00. The first-order valence-electron chi connectivity index (χ1n) is 8.60. The van der Waals surface area contributed by atoms with Gasteiger partial charge in [-0.3, -0.25) is 9.48 Å². The van der Waals surface area contributed by atoms with E-state index < -0.39 is 0 Å². The molecule has 0 atom stereocenters. The summed E-state index contributed by atoms with van der Waals surface area (Å²) in [5.41, 5.74) is 6.41. The van der Waals surface area contributed by atoms with Crippen LogP contribution in [0.4, 0.5) is 5.69 Å². The van der Waals surface area contributed by atoms with E-state index in [0.29, 0.717) is 12.3 Å². The number of hydrogen-bond acceptors (Lipinski definition) is 3. The lowest BCUT2D eigenvalue weighted by atomic mass is 10.0. The van der Waals surface area contributed by atoms with Gasteiger partial charge in [0.25, 0.3) is 5.91 Å². The van der Waals surface area contributed by atoms with E-state index in [1.54, 1.807) is 16.6 Å². The van der Waals surface area contributed by atoms with Gasteiger partial charge in [0.2, 0.25) is 0 Å². The number of ether oxygens (including phenoxy) is 1. The van der Waals surface area contributed by atoms with Crippen LogP contribution in [-0.4, -0.2) is 22.7 Å². The maximum absolute atomic E-state index is 13.1. The number of carbonyl (C=O) groups excluding carboxylic acids is 1. The predicted molar refractivity (Wildman–Crippen MR) is 102 cm³/mol. The molecule has 0 radical (unpaired) electrons. The lowest BCUT2D eigenvalue weighted by Crippen LogP contribution is -2.28. The van der Waals surface area contributed by atoms with Gasteiger partial charge in [0, 0.05) is 30.9 Å². The van der Waals surface area contributed by atoms with Crippen molar-refractivity contribution in [2.24, 2.45) is 7.05 Å². The third kappa shape index (κ3) is 2.47. The number of rotatable bonds is 2. The van der Waals surface area contributed by atoms with Crippen molar-refractivity contribution in [3.05, 3.63) is 64.8 Å². The second-order valence-corrected chi connectivity index (χ2v) is 6.72. The quantitative estimate of drug-likeness (QED) is 0.707. The molecule has 1 aliphatic heterocycles. The van der Waals surface area contributed by atoms with E-state index in [-0.39, 0.29) is 5.91 Å². The Morgan fingerprint density at radius 3 is 2.69 bits per heavy atom. The third-order valence-corrected chi connectivity index (χ3v) is 5.04. The highest BCUT2D eigenvalue weighted by molar-refractivity contribution is 6.06. The molecule has 0 unspecified atom stereocenters. The summed E-state index contributed by atoms with van der Waals surface area (Å²) in [5, 5.41) is 4.52. The molecule has 0 bridgehead atoms. The van der Waals surface area contributed by atoms with Gasteiger partial charge >= 0.3 is 0 Å². The molecule has 0 N–H and O–H groups in total. The number of aryl methyl sites for hydroxylation is 3. The lowest BCUT2D eigenvalue weighted by molar-refractivity contribution is 0.0985. The first kappa shape index (κ1) is 16.4. The minimum Gasteiger partial charge on any atom is -0.488 e. The summed E-state index contributed by atoms with van der Waals surface area (Å²) in [7, 11) is 3.65. The Kier molecular flexibility index (Phi) is 3.80. The fourth-order valence-corrected chi connectivity index (χ4v) is 3.36. The molecule has 2 aromatic carbocycles. The second-order valence-electron chi connectivity index (χ2n) is 6.72. The van der Waals surface area contributed by atoms with E-state index in [9.17, 15) is 4.79 Å². The lowest BCUT2D eigenvalue weighted by Gasteiger charge is -2.20. The van der Waals surface area contributed by atoms with Crippen molar-refractivity contribution in [2.75, 3.05) is 11.9 Å². The predicted octanol–water partition coefficient (Wildman–Crippen LogP) is 3.87. The molecule has 3 aromatic rings. The zero-order chi connectivity index (χ0) is 18.4. The number of fused-ring (bicyclic) bond motifs is 3. The van der Waals surface area contributed by atoms with Gasteiger partial charge in [-0.2, -0.15) is 5.10 Å². The van der Waals surface area contributed by atoms with Gasteiger partial charge in [0.15, 0.2) is 5.69 Å². The minimum atomic E-state index is -0.131. The fraction of sp³-hybridized carbons (Fsp3) is 0.238. The molecular weight excluding hydrogens is 326 g/mol. The van der Waals surface area contributed by atoms with E-state index in [2.05, 4.69) is 12.0 Å². The largest absolute Gasteiger partial charge is 0.488 e. The van der Waals surface area contributed by atoms with Crippen LogP contribution in [0.5, 0.6) is 5.75 Å². The monoisotopic (exact) mass is 347 g/mol. The highest BCUT2D eigenvalue weighted by Gasteiger charge is 2.29. The molecular formula is C21H21N3O2. The minimum absolute atomic E-state index is 0.131. The second kappa shape index (κ2) is 6.02. The van der Waals surface area contributed by atoms with Crippen molar-refractivity contribution in [1.82, 2.24) is 9.78 Å². The highest BCUT2D eigenvalue weighted by Crippen LogP contribution is 2.38. The van der Waals surface area contributed by atoms with Gasteiger partial charge in [-0.1, -0.05) is 18.2 Å². The Morgan fingerprint density at radius 2 is 1.92 bits per heavy atom. The van der Waals surface area contributed by atoms with Crippen LogP contribution in [0.25, 0.3) is 11.3 Å². The number of hydrogen-bond donors (Lipinski definition) is 0. The van der Waals surface area contributed by atoms with E-state index in [1.807, 2.05) is 56.4 Å². The maximum atomic E-state index is 13.1. The molecule has 0 saturated heterocycles. The van der Waals surface area contributed by atoms with Crippen molar-refractivity contribution < 1.29 is 9.53 Å². The summed E-state index contributed by atoms with van der Waals surface area (Å²) >= 11 is 0. The summed E-state index contributed by atoms with van der Waals surface area (Å²) in [6, 6.07) is 13.9. The molecule has 5 heteroatoms. The van der Waals surface area contributed by atoms with Crippen molar-refractivity contribution >= 4 is 11.6 Å². The van der Waals surface area contributed by atoms with Crippen LogP contribution in [0, 0.1) is 13.8 Å². The Bertz CT molecular complexity index is 1020. The summed E-state index contributed by atoms with van der Waals surface area (Å²) in [6.07, 6.45) is 0. The molecule has 1 aromatic heterocycles. The highest BCUT2D eigenvalue weighted by atomic mass is 16.5. The molecule has 0 spiro atoms. The molecule has 1 amide bonds. The van der Waals surface area contributed by atoms with E-state index in [4.69, 9.17) is 4.74 Å². The number of carbonyl (C=O) groups is 1. The molecule has 5 nitrogen and oxygen atoms in total. The van der Waals surface area contributed by atoms with Crippen LogP contribution < -0.4 is 9.64 Å². The standard InChI is InChI=1S/C21H21N3O2/c1-13-9-10-15(11-14(13)2)23(3)21(25)19-17-12-26-18-8-6-5-7-16(18)20(17)24(4)22-19/h5-11H,12H2,1-4H3. The molecule has 1 aliphatic rings. The van der Waals surface area contributed by atoms with Gasteiger partial charge in [-0.15, -0.1) is 0 Å². The van der Waals surface area contributed by atoms with Crippen molar-refractivity contribution in [3.8, 4) is 17.0 Å². The molecule has 0 fully saturated rings. The Morgan fingerprint density at radius 1 is 1.15 bits per heavy atom. The molecule has 4 rings (SSSR count).